The van der Waals surface area contributed by atoms with Gasteiger partial charge in [0.2, 0.25) is 0 Å². The van der Waals surface area contributed by atoms with Crippen LogP contribution in [0, 0.1) is 0 Å². The van der Waals surface area contributed by atoms with E-state index in [2.05, 4.69) is 58.9 Å². The Morgan fingerprint density at radius 2 is 1.95 bits per heavy atom. The minimum Gasteiger partial charge on any atom is -0.335 e. The monoisotopic (exact) mass is 279 g/mol. The Kier molecular flexibility index (Phi) is 4.02. The fraction of sp³-hybridized carbons (Fsp3) is 0.278. The van der Waals surface area contributed by atoms with Gasteiger partial charge in [0.05, 0.1) is 0 Å². The second-order valence-electron chi connectivity index (χ2n) is 5.45. The highest BCUT2D eigenvalue weighted by Gasteiger charge is 2.11. The van der Waals surface area contributed by atoms with E-state index < -0.39 is 0 Å². The zero-order valence-electron chi connectivity index (χ0n) is 12.4. The van der Waals surface area contributed by atoms with Crippen LogP contribution in [0.2, 0.25) is 0 Å². The normalized spacial score (nSPS) is 12.7. The Hall–Kier alpha value is -2.13. The van der Waals surface area contributed by atoms with Gasteiger partial charge in [-0.3, -0.25) is 0 Å². The third-order valence-electron chi connectivity index (χ3n) is 3.87. The largest absolute Gasteiger partial charge is 0.335 e. The van der Waals surface area contributed by atoms with Gasteiger partial charge in [-0.15, -0.1) is 0 Å². The van der Waals surface area contributed by atoms with Crippen molar-refractivity contribution in [1.29, 1.82) is 0 Å². The van der Waals surface area contributed by atoms with E-state index in [9.17, 15) is 0 Å². The number of aryl methyl sites for hydroxylation is 1. The van der Waals surface area contributed by atoms with Crippen LogP contribution in [0.25, 0.3) is 10.8 Å². The molecule has 0 saturated carbocycles. The maximum atomic E-state index is 6.39. The Balaban J connectivity index is 1.83. The molecule has 3 aromatic rings. The maximum absolute atomic E-state index is 6.39. The first-order valence-corrected chi connectivity index (χ1v) is 7.52. The van der Waals surface area contributed by atoms with Gasteiger partial charge in [0.1, 0.15) is 5.82 Å². The van der Waals surface area contributed by atoms with E-state index in [0.29, 0.717) is 0 Å². The summed E-state index contributed by atoms with van der Waals surface area (Å²) in [4.78, 5) is 4.45. The number of nitrogens with two attached hydrogens (primary N) is 1. The van der Waals surface area contributed by atoms with Crippen molar-refractivity contribution in [2.24, 2.45) is 5.73 Å². The van der Waals surface area contributed by atoms with Crippen molar-refractivity contribution in [2.45, 2.75) is 32.4 Å². The van der Waals surface area contributed by atoms with Crippen LogP contribution in [0.4, 0.5) is 0 Å². The summed E-state index contributed by atoms with van der Waals surface area (Å²) in [6.45, 7) is 3.17. The summed E-state index contributed by atoms with van der Waals surface area (Å²) < 4.78 is 2.20. The van der Waals surface area contributed by atoms with Crippen LogP contribution < -0.4 is 5.73 Å². The van der Waals surface area contributed by atoms with Crippen molar-refractivity contribution in [3.63, 3.8) is 0 Å². The van der Waals surface area contributed by atoms with Crippen molar-refractivity contribution in [3.05, 3.63) is 66.2 Å². The Labute approximate surface area is 125 Å². The van der Waals surface area contributed by atoms with Crippen molar-refractivity contribution in [1.82, 2.24) is 9.55 Å². The molecule has 0 bridgehead atoms. The fourth-order valence-electron chi connectivity index (χ4n) is 2.73. The fourth-order valence-corrected chi connectivity index (χ4v) is 2.73. The molecule has 3 heteroatoms. The summed E-state index contributed by atoms with van der Waals surface area (Å²) in [7, 11) is 0. The number of hydrogen-bond acceptors (Lipinski definition) is 2. The van der Waals surface area contributed by atoms with Crippen LogP contribution in [0.5, 0.6) is 0 Å². The molecule has 0 spiro atoms. The number of imidazole rings is 1. The van der Waals surface area contributed by atoms with Crippen molar-refractivity contribution >= 4 is 10.8 Å². The molecule has 108 valence electrons. The maximum Gasteiger partial charge on any atom is 0.110 e. The number of fused-ring (bicyclic) bond motifs is 1. The molecule has 0 aliphatic rings. The second-order valence-corrected chi connectivity index (χ2v) is 5.45. The molecule has 1 atom stereocenters. The summed E-state index contributed by atoms with van der Waals surface area (Å²) in [6, 6.07) is 14.8. The molecule has 2 aromatic carbocycles. The lowest BCUT2D eigenvalue weighted by Gasteiger charge is -2.14. The number of hydrogen-bond donors (Lipinski definition) is 1. The van der Waals surface area contributed by atoms with Gasteiger partial charge < -0.3 is 10.3 Å². The number of benzene rings is 2. The molecular weight excluding hydrogens is 258 g/mol. The van der Waals surface area contributed by atoms with Gasteiger partial charge >= 0.3 is 0 Å². The van der Waals surface area contributed by atoms with Gasteiger partial charge in [-0.2, -0.15) is 0 Å². The zero-order valence-corrected chi connectivity index (χ0v) is 12.4. The topological polar surface area (TPSA) is 43.8 Å². The van der Waals surface area contributed by atoms with Crippen molar-refractivity contribution in [2.75, 3.05) is 0 Å². The molecule has 0 aliphatic carbocycles. The third-order valence-corrected chi connectivity index (χ3v) is 3.87. The summed E-state index contributed by atoms with van der Waals surface area (Å²) in [6.07, 6.45) is 5.77. The Bertz CT molecular complexity index is 730. The standard InChI is InChI=1S/C18H21N3/c1-2-10-21-11-9-20-18(21)13-17(19)16-8-7-14-5-3-4-6-15(14)12-16/h3-9,11-12,17H,2,10,13,19H2,1H3. The van der Waals surface area contributed by atoms with Crippen molar-refractivity contribution < 1.29 is 0 Å². The average Bonchev–Trinajstić information content (AvgIpc) is 2.94. The lowest BCUT2D eigenvalue weighted by Crippen LogP contribution is -2.16. The zero-order chi connectivity index (χ0) is 14.7. The van der Waals surface area contributed by atoms with E-state index in [0.717, 1.165) is 25.2 Å². The minimum atomic E-state index is -0.0207. The molecule has 1 heterocycles. The van der Waals surface area contributed by atoms with Gasteiger partial charge in [0, 0.05) is 31.4 Å². The van der Waals surface area contributed by atoms with Gasteiger partial charge in [-0.05, 0) is 28.8 Å². The molecule has 1 unspecified atom stereocenters. The van der Waals surface area contributed by atoms with Gasteiger partial charge in [-0.25, -0.2) is 4.98 Å². The summed E-state index contributed by atoms with van der Waals surface area (Å²) in [5.41, 5.74) is 7.56. The quantitative estimate of drug-likeness (QED) is 0.774. The molecule has 0 saturated heterocycles. The van der Waals surface area contributed by atoms with Gasteiger partial charge in [0.25, 0.3) is 0 Å². The third kappa shape index (κ3) is 2.98. The first-order valence-electron chi connectivity index (χ1n) is 7.52. The first-order chi connectivity index (χ1) is 10.3. The van der Waals surface area contributed by atoms with Crippen LogP contribution in [0.1, 0.15) is 30.8 Å². The average molecular weight is 279 g/mol. The summed E-state index contributed by atoms with van der Waals surface area (Å²) in [5, 5.41) is 2.49. The molecule has 0 radical (unpaired) electrons. The van der Waals surface area contributed by atoms with E-state index in [1.54, 1.807) is 0 Å². The predicted octanol–water partition coefficient (Wildman–Crippen LogP) is 3.69. The van der Waals surface area contributed by atoms with Crippen molar-refractivity contribution in [3.8, 4) is 0 Å². The number of rotatable bonds is 5. The highest BCUT2D eigenvalue weighted by atomic mass is 15.1. The molecule has 0 aliphatic heterocycles. The second kappa shape index (κ2) is 6.10. The molecule has 2 N–H and O–H groups in total. The lowest BCUT2D eigenvalue weighted by molar-refractivity contribution is 0.599. The van der Waals surface area contributed by atoms with Crippen LogP contribution in [0.3, 0.4) is 0 Å². The first kappa shape index (κ1) is 13.8. The Morgan fingerprint density at radius 1 is 1.14 bits per heavy atom. The van der Waals surface area contributed by atoms with E-state index in [4.69, 9.17) is 5.73 Å². The van der Waals surface area contributed by atoms with Gasteiger partial charge in [0.15, 0.2) is 0 Å². The number of nitrogens with zero attached hydrogens (tertiary/aromatic N) is 2. The molecule has 3 nitrogen and oxygen atoms in total. The highest BCUT2D eigenvalue weighted by molar-refractivity contribution is 5.83. The molecule has 0 amide bonds. The predicted molar refractivity (Wildman–Crippen MR) is 87.1 cm³/mol. The van der Waals surface area contributed by atoms with E-state index in [1.165, 1.54) is 16.3 Å². The molecule has 0 fully saturated rings. The Morgan fingerprint density at radius 3 is 2.76 bits per heavy atom. The summed E-state index contributed by atoms with van der Waals surface area (Å²) >= 11 is 0. The molecule has 3 rings (SSSR count). The number of aromatic nitrogens is 2. The highest BCUT2D eigenvalue weighted by Crippen LogP contribution is 2.21. The minimum absolute atomic E-state index is 0.0207. The van der Waals surface area contributed by atoms with E-state index >= 15 is 0 Å². The lowest BCUT2D eigenvalue weighted by atomic mass is 10.00. The smallest absolute Gasteiger partial charge is 0.110 e. The van der Waals surface area contributed by atoms with Crippen LogP contribution in [-0.2, 0) is 13.0 Å². The van der Waals surface area contributed by atoms with Crippen LogP contribution in [-0.4, -0.2) is 9.55 Å². The molecular formula is C18H21N3. The van der Waals surface area contributed by atoms with E-state index in [1.807, 2.05) is 12.4 Å². The van der Waals surface area contributed by atoms with Crippen LogP contribution in [0.15, 0.2) is 54.9 Å². The summed E-state index contributed by atoms with van der Waals surface area (Å²) in [5.74, 6) is 1.07. The SMILES string of the molecule is CCCn1ccnc1CC(N)c1ccc2ccccc2c1. The molecule has 21 heavy (non-hydrogen) atoms. The van der Waals surface area contributed by atoms with E-state index in [-0.39, 0.29) is 6.04 Å². The molecule has 1 aromatic heterocycles. The van der Waals surface area contributed by atoms with Crippen LogP contribution >= 0.6 is 0 Å². The van der Waals surface area contributed by atoms with Gasteiger partial charge in [-0.1, -0.05) is 43.3 Å².